The summed E-state index contributed by atoms with van der Waals surface area (Å²) in [5.74, 6) is 0.381. The van der Waals surface area contributed by atoms with Crippen LogP contribution in [0.3, 0.4) is 0 Å². The van der Waals surface area contributed by atoms with E-state index in [4.69, 9.17) is 0 Å². The lowest BCUT2D eigenvalue weighted by molar-refractivity contribution is 0.830. The van der Waals surface area contributed by atoms with Crippen molar-refractivity contribution in [2.75, 3.05) is 0 Å². The minimum atomic E-state index is 0.375. The van der Waals surface area contributed by atoms with Gasteiger partial charge in [0.05, 0.1) is 0 Å². The van der Waals surface area contributed by atoms with Gasteiger partial charge in [-0.25, -0.2) is 0 Å². The predicted octanol–water partition coefficient (Wildman–Crippen LogP) is 3.91. The summed E-state index contributed by atoms with van der Waals surface area (Å²) in [6.45, 7) is 10.1. The van der Waals surface area contributed by atoms with Crippen LogP contribution in [-0.2, 0) is 0 Å². The molecule has 0 radical (unpaired) electrons. The van der Waals surface area contributed by atoms with Crippen molar-refractivity contribution in [3.05, 3.63) is 42.0 Å². The van der Waals surface area contributed by atoms with Crippen molar-refractivity contribution in [2.45, 2.75) is 32.7 Å². The molecule has 0 aliphatic rings. The molecule has 0 spiro atoms. The molecule has 0 saturated heterocycles. The van der Waals surface area contributed by atoms with Crippen molar-refractivity contribution < 1.29 is 0 Å². The number of hydrogen-bond donors (Lipinski definition) is 0. The highest BCUT2D eigenvalue weighted by Crippen LogP contribution is 2.14. The molecule has 1 heteroatoms. The van der Waals surface area contributed by atoms with E-state index in [9.17, 15) is 0 Å². The van der Waals surface area contributed by atoms with Crippen molar-refractivity contribution in [1.82, 2.24) is 0 Å². The molecule has 0 saturated carbocycles. The molecule has 0 bridgehead atoms. The zero-order valence-electron chi connectivity index (χ0n) is 9.77. The van der Waals surface area contributed by atoms with Gasteiger partial charge in [0, 0.05) is 18.2 Å². The largest absolute Gasteiger partial charge is 0.294 e. The Kier molecular flexibility index (Phi) is 4.29. The topological polar surface area (TPSA) is 12.4 Å². The highest BCUT2D eigenvalue weighted by Gasteiger charge is 2.01. The van der Waals surface area contributed by atoms with Crippen LogP contribution >= 0.6 is 0 Å². The standard InChI is InChI=1S/C14H19N/c1-5-13-6-8-14(9-7-13)12(4)10-15-11(2)3/h5-12H,1H2,2-4H3. The summed E-state index contributed by atoms with van der Waals surface area (Å²) < 4.78 is 0. The maximum absolute atomic E-state index is 4.40. The Morgan fingerprint density at radius 3 is 2.20 bits per heavy atom. The Morgan fingerprint density at radius 2 is 1.73 bits per heavy atom. The minimum absolute atomic E-state index is 0.375. The average Bonchev–Trinajstić information content (AvgIpc) is 2.26. The molecule has 0 heterocycles. The Morgan fingerprint density at radius 1 is 1.13 bits per heavy atom. The van der Waals surface area contributed by atoms with Crippen LogP contribution in [0.25, 0.3) is 6.08 Å². The average molecular weight is 201 g/mol. The molecule has 1 aromatic rings. The summed E-state index contributed by atoms with van der Waals surface area (Å²) >= 11 is 0. The predicted molar refractivity (Wildman–Crippen MR) is 68.6 cm³/mol. The maximum atomic E-state index is 4.40. The van der Waals surface area contributed by atoms with Crippen molar-refractivity contribution in [1.29, 1.82) is 0 Å². The third kappa shape index (κ3) is 3.70. The van der Waals surface area contributed by atoms with Gasteiger partial charge in [-0.1, -0.05) is 43.8 Å². The van der Waals surface area contributed by atoms with Crippen molar-refractivity contribution in [3.63, 3.8) is 0 Å². The van der Waals surface area contributed by atoms with Gasteiger partial charge in [-0.05, 0) is 25.0 Å². The monoisotopic (exact) mass is 201 g/mol. The van der Waals surface area contributed by atoms with E-state index in [-0.39, 0.29) is 0 Å². The number of aliphatic imine (C=N–C) groups is 1. The van der Waals surface area contributed by atoms with Crippen LogP contribution in [0.1, 0.15) is 37.8 Å². The van der Waals surface area contributed by atoms with Crippen molar-refractivity contribution in [3.8, 4) is 0 Å². The summed E-state index contributed by atoms with van der Waals surface area (Å²) in [5.41, 5.74) is 2.46. The molecule has 0 aliphatic carbocycles. The van der Waals surface area contributed by atoms with Gasteiger partial charge >= 0.3 is 0 Å². The molecule has 15 heavy (non-hydrogen) atoms. The van der Waals surface area contributed by atoms with Crippen LogP contribution in [0.5, 0.6) is 0 Å². The maximum Gasteiger partial charge on any atom is 0.0439 e. The van der Waals surface area contributed by atoms with E-state index in [0.717, 1.165) is 5.56 Å². The molecule has 1 atom stereocenters. The summed E-state index contributed by atoms with van der Waals surface area (Å²) in [7, 11) is 0. The third-order valence-corrected chi connectivity index (χ3v) is 2.31. The fourth-order valence-corrected chi connectivity index (χ4v) is 1.32. The molecule has 1 unspecified atom stereocenters. The second-order valence-corrected chi connectivity index (χ2v) is 4.05. The van der Waals surface area contributed by atoms with Crippen LogP contribution in [0, 0.1) is 0 Å². The first-order valence-corrected chi connectivity index (χ1v) is 5.39. The van der Waals surface area contributed by atoms with Crippen molar-refractivity contribution in [2.24, 2.45) is 4.99 Å². The van der Waals surface area contributed by atoms with E-state index in [2.05, 4.69) is 56.6 Å². The summed E-state index contributed by atoms with van der Waals surface area (Å²) in [5, 5.41) is 0. The first-order valence-electron chi connectivity index (χ1n) is 5.39. The lowest BCUT2D eigenvalue weighted by atomic mass is 10.0. The number of rotatable bonds is 4. The summed E-state index contributed by atoms with van der Waals surface area (Å²) in [6.07, 6.45) is 3.88. The summed E-state index contributed by atoms with van der Waals surface area (Å²) in [4.78, 5) is 4.40. The van der Waals surface area contributed by atoms with E-state index in [1.807, 2.05) is 12.3 Å². The van der Waals surface area contributed by atoms with Gasteiger partial charge in [0.25, 0.3) is 0 Å². The molecule has 80 valence electrons. The van der Waals surface area contributed by atoms with E-state index in [0.29, 0.717) is 12.0 Å². The smallest absolute Gasteiger partial charge is 0.0439 e. The van der Waals surface area contributed by atoms with Crippen LogP contribution in [0.2, 0.25) is 0 Å². The molecule has 0 amide bonds. The first-order chi connectivity index (χ1) is 7.13. The molecule has 0 aromatic heterocycles. The number of hydrogen-bond acceptors (Lipinski definition) is 1. The molecule has 0 aliphatic heterocycles. The van der Waals surface area contributed by atoms with Gasteiger partial charge in [0.1, 0.15) is 0 Å². The highest BCUT2D eigenvalue weighted by atomic mass is 14.7. The normalized spacial score (nSPS) is 13.3. The van der Waals surface area contributed by atoms with Gasteiger partial charge in [0.2, 0.25) is 0 Å². The van der Waals surface area contributed by atoms with E-state index in [1.165, 1.54) is 5.56 Å². The SMILES string of the molecule is C=Cc1ccc(C(C)C=NC(C)C)cc1. The molecule has 0 N–H and O–H groups in total. The van der Waals surface area contributed by atoms with E-state index < -0.39 is 0 Å². The molecular formula is C14H19N. The number of benzene rings is 1. The summed E-state index contributed by atoms with van der Waals surface area (Å²) in [6, 6.07) is 8.81. The Labute approximate surface area is 92.6 Å². The van der Waals surface area contributed by atoms with Crippen molar-refractivity contribution >= 4 is 12.3 Å². The molecule has 0 fully saturated rings. The van der Waals surface area contributed by atoms with Gasteiger partial charge in [-0.3, -0.25) is 4.99 Å². The van der Waals surface area contributed by atoms with Gasteiger partial charge in [-0.2, -0.15) is 0 Å². The van der Waals surface area contributed by atoms with Crippen LogP contribution in [0.4, 0.5) is 0 Å². The molecule has 1 aromatic carbocycles. The lowest BCUT2D eigenvalue weighted by Gasteiger charge is -2.07. The fourth-order valence-electron chi connectivity index (χ4n) is 1.32. The molecule has 1 rings (SSSR count). The zero-order chi connectivity index (χ0) is 11.3. The zero-order valence-corrected chi connectivity index (χ0v) is 9.77. The quantitative estimate of drug-likeness (QED) is 0.655. The Hall–Kier alpha value is -1.37. The molecular weight excluding hydrogens is 182 g/mol. The third-order valence-electron chi connectivity index (χ3n) is 2.31. The van der Waals surface area contributed by atoms with Crippen LogP contribution in [0.15, 0.2) is 35.8 Å². The van der Waals surface area contributed by atoms with E-state index >= 15 is 0 Å². The fraction of sp³-hybridized carbons (Fsp3) is 0.357. The Balaban J connectivity index is 2.73. The first kappa shape index (κ1) is 11.7. The van der Waals surface area contributed by atoms with Crippen LogP contribution in [-0.4, -0.2) is 12.3 Å². The lowest BCUT2D eigenvalue weighted by Crippen LogP contribution is -1.98. The van der Waals surface area contributed by atoms with E-state index in [1.54, 1.807) is 0 Å². The van der Waals surface area contributed by atoms with Gasteiger partial charge in [-0.15, -0.1) is 0 Å². The minimum Gasteiger partial charge on any atom is -0.294 e. The van der Waals surface area contributed by atoms with Gasteiger partial charge < -0.3 is 0 Å². The highest BCUT2D eigenvalue weighted by molar-refractivity contribution is 5.67. The second kappa shape index (κ2) is 5.50. The van der Waals surface area contributed by atoms with Gasteiger partial charge in [0.15, 0.2) is 0 Å². The Bertz CT molecular complexity index is 333. The molecule has 1 nitrogen and oxygen atoms in total. The van der Waals surface area contributed by atoms with Crippen LogP contribution < -0.4 is 0 Å². The number of nitrogens with zero attached hydrogens (tertiary/aromatic N) is 1. The second-order valence-electron chi connectivity index (χ2n) is 4.05.